The van der Waals surface area contributed by atoms with E-state index in [0.717, 1.165) is 18.9 Å². The van der Waals surface area contributed by atoms with Gasteiger partial charge in [-0.05, 0) is 13.3 Å². The lowest BCUT2D eigenvalue weighted by Crippen LogP contribution is -2.39. The summed E-state index contributed by atoms with van der Waals surface area (Å²) < 4.78 is 32.0. The summed E-state index contributed by atoms with van der Waals surface area (Å²) in [4.78, 5) is 4.37. The van der Waals surface area contributed by atoms with Gasteiger partial charge in [0.05, 0.1) is 19.0 Å². The van der Waals surface area contributed by atoms with Gasteiger partial charge >= 0.3 is 0 Å². The maximum atomic E-state index is 10.9. The average Bonchev–Trinajstić information content (AvgIpc) is 2.37. The van der Waals surface area contributed by atoms with Gasteiger partial charge in [-0.3, -0.25) is 4.99 Å². The van der Waals surface area contributed by atoms with Gasteiger partial charge in [-0.1, -0.05) is 0 Å². The van der Waals surface area contributed by atoms with Gasteiger partial charge in [0.2, 0.25) is 0 Å². The van der Waals surface area contributed by atoms with E-state index in [-0.39, 0.29) is 12.4 Å². The quantitative estimate of drug-likeness (QED) is 0.308. The smallest absolute Gasteiger partial charge is 0.191 e. The monoisotopic (exact) mass is 309 g/mol. The Hall–Kier alpha value is -0.860. The molecule has 0 aromatic heterocycles. The lowest BCUT2D eigenvalue weighted by atomic mass is 10.5. The van der Waals surface area contributed by atoms with E-state index in [4.69, 9.17) is 9.47 Å². The van der Waals surface area contributed by atoms with Gasteiger partial charge in [0, 0.05) is 39.6 Å². The summed E-state index contributed by atoms with van der Waals surface area (Å²) >= 11 is 0. The minimum Gasteiger partial charge on any atom is -0.385 e. The Kier molecular flexibility index (Phi) is 11.4. The van der Waals surface area contributed by atoms with Crippen molar-refractivity contribution in [3.8, 4) is 0 Å². The molecule has 0 spiro atoms. The Morgan fingerprint density at radius 3 is 2.55 bits per heavy atom. The van der Waals surface area contributed by atoms with E-state index in [1.54, 1.807) is 7.11 Å². The van der Waals surface area contributed by atoms with Crippen LogP contribution in [0.1, 0.15) is 13.3 Å². The van der Waals surface area contributed by atoms with Crippen LogP contribution in [0, 0.1) is 0 Å². The summed E-state index contributed by atoms with van der Waals surface area (Å²) in [5, 5.41) is 6.24. The predicted molar refractivity (Wildman–Crippen MR) is 81.0 cm³/mol. The third kappa shape index (κ3) is 13.6. The molecule has 0 aliphatic rings. The first kappa shape index (κ1) is 19.1. The minimum atomic E-state index is -2.95. The number of nitrogens with one attached hydrogen (secondary N) is 2. The van der Waals surface area contributed by atoms with E-state index in [9.17, 15) is 8.42 Å². The molecule has 0 aliphatic heterocycles. The van der Waals surface area contributed by atoms with Crippen molar-refractivity contribution in [1.82, 2.24) is 10.6 Å². The van der Waals surface area contributed by atoms with Crippen molar-refractivity contribution >= 4 is 15.8 Å². The third-order valence-corrected chi connectivity index (χ3v) is 3.17. The second kappa shape index (κ2) is 11.9. The van der Waals surface area contributed by atoms with Crippen LogP contribution >= 0.6 is 0 Å². The Labute approximate surface area is 122 Å². The average molecular weight is 309 g/mol. The zero-order valence-electron chi connectivity index (χ0n) is 12.6. The van der Waals surface area contributed by atoms with Crippen LogP contribution in [-0.2, 0) is 19.3 Å². The molecule has 8 heteroatoms. The van der Waals surface area contributed by atoms with Crippen LogP contribution in [0.25, 0.3) is 0 Å². The number of hydrogen-bond acceptors (Lipinski definition) is 5. The third-order valence-electron chi connectivity index (χ3n) is 2.26. The van der Waals surface area contributed by atoms with E-state index < -0.39 is 9.84 Å². The van der Waals surface area contributed by atoms with Crippen molar-refractivity contribution in [2.75, 3.05) is 58.6 Å². The minimum absolute atomic E-state index is 0.0537. The summed E-state index contributed by atoms with van der Waals surface area (Å²) in [6, 6.07) is 0. The number of methoxy groups -OCH3 is 1. The van der Waals surface area contributed by atoms with Crippen LogP contribution in [0.15, 0.2) is 4.99 Å². The zero-order chi connectivity index (χ0) is 15.3. The van der Waals surface area contributed by atoms with Crippen molar-refractivity contribution in [1.29, 1.82) is 0 Å². The highest BCUT2D eigenvalue weighted by Gasteiger charge is 2.01. The summed E-state index contributed by atoms with van der Waals surface area (Å²) in [5.74, 6) is 0.786. The molecule has 0 atom stereocenters. The zero-order valence-corrected chi connectivity index (χ0v) is 13.5. The molecule has 0 aromatic rings. The van der Waals surface area contributed by atoms with E-state index in [0.29, 0.717) is 26.3 Å². The van der Waals surface area contributed by atoms with Gasteiger partial charge in [-0.25, -0.2) is 8.42 Å². The first-order chi connectivity index (χ1) is 9.49. The SMILES string of the molecule is CCNC(=NCCCOC)NCCOCCS(C)(=O)=O. The number of aliphatic imine (C=N–C) groups is 1. The van der Waals surface area contributed by atoms with Crippen molar-refractivity contribution in [2.45, 2.75) is 13.3 Å². The highest BCUT2D eigenvalue weighted by molar-refractivity contribution is 7.90. The van der Waals surface area contributed by atoms with Gasteiger partial charge in [-0.15, -0.1) is 0 Å². The highest BCUT2D eigenvalue weighted by Crippen LogP contribution is 1.85. The van der Waals surface area contributed by atoms with E-state index in [1.165, 1.54) is 6.26 Å². The van der Waals surface area contributed by atoms with Crippen LogP contribution in [0.3, 0.4) is 0 Å². The number of guanidine groups is 1. The molecule has 0 heterocycles. The maximum Gasteiger partial charge on any atom is 0.191 e. The first-order valence-electron chi connectivity index (χ1n) is 6.76. The molecule has 7 nitrogen and oxygen atoms in total. The molecule has 0 aliphatic carbocycles. The molecule has 0 amide bonds. The molecule has 0 unspecified atom stereocenters. The van der Waals surface area contributed by atoms with Crippen LogP contribution in [0.4, 0.5) is 0 Å². The fourth-order valence-electron chi connectivity index (χ4n) is 1.30. The summed E-state index contributed by atoms with van der Waals surface area (Å²) in [6.45, 7) is 5.41. The van der Waals surface area contributed by atoms with Crippen molar-refractivity contribution in [3.05, 3.63) is 0 Å². The largest absolute Gasteiger partial charge is 0.385 e. The van der Waals surface area contributed by atoms with Crippen LogP contribution in [0.2, 0.25) is 0 Å². The van der Waals surface area contributed by atoms with E-state index in [2.05, 4.69) is 15.6 Å². The standard InChI is InChI=1S/C12H27N3O4S/c1-4-13-12(14-6-5-8-18-2)15-7-9-19-10-11-20(3,16)17/h4-11H2,1-3H3,(H2,13,14,15). The fourth-order valence-corrected chi connectivity index (χ4v) is 1.72. The van der Waals surface area contributed by atoms with Crippen LogP contribution < -0.4 is 10.6 Å². The lowest BCUT2D eigenvalue weighted by molar-refractivity contribution is 0.154. The fraction of sp³-hybridized carbons (Fsp3) is 0.917. The Bertz CT molecular complexity index is 358. The van der Waals surface area contributed by atoms with Gasteiger partial charge < -0.3 is 20.1 Å². The molecule has 0 bridgehead atoms. The van der Waals surface area contributed by atoms with Crippen LogP contribution in [0.5, 0.6) is 0 Å². The molecule has 20 heavy (non-hydrogen) atoms. The second-order valence-corrected chi connectivity index (χ2v) is 6.54. The van der Waals surface area contributed by atoms with Gasteiger partial charge in [0.15, 0.2) is 5.96 Å². The maximum absolute atomic E-state index is 10.9. The summed E-state index contributed by atoms with van der Waals surface area (Å²) in [6.07, 6.45) is 2.07. The Morgan fingerprint density at radius 2 is 1.95 bits per heavy atom. The molecule has 0 aromatic carbocycles. The number of sulfone groups is 1. The lowest BCUT2D eigenvalue weighted by Gasteiger charge is -2.11. The predicted octanol–water partition coefficient (Wildman–Crippen LogP) is -0.361. The Balaban J connectivity index is 3.74. The van der Waals surface area contributed by atoms with Gasteiger partial charge in [0.25, 0.3) is 0 Å². The highest BCUT2D eigenvalue weighted by atomic mass is 32.2. The number of ether oxygens (including phenoxy) is 2. The van der Waals surface area contributed by atoms with Crippen LogP contribution in [-0.4, -0.2) is 73.0 Å². The van der Waals surface area contributed by atoms with E-state index >= 15 is 0 Å². The van der Waals surface area contributed by atoms with Crippen molar-refractivity contribution in [3.63, 3.8) is 0 Å². The molecule has 0 saturated carbocycles. The molecule has 2 N–H and O–H groups in total. The van der Waals surface area contributed by atoms with Crippen molar-refractivity contribution < 1.29 is 17.9 Å². The molecular weight excluding hydrogens is 282 g/mol. The Morgan fingerprint density at radius 1 is 1.20 bits per heavy atom. The summed E-state index contributed by atoms with van der Waals surface area (Å²) in [7, 11) is -1.28. The molecule has 0 saturated heterocycles. The number of rotatable bonds is 11. The van der Waals surface area contributed by atoms with Gasteiger partial charge in [0.1, 0.15) is 9.84 Å². The molecule has 120 valence electrons. The number of nitrogens with zero attached hydrogens (tertiary/aromatic N) is 1. The first-order valence-corrected chi connectivity index (χ1v) is 8.82. The summed E-state index contributed by atoms with van der Waals surface area (Å²) in [5.41, 5.74) is 0. The van der Waals surface area contributed by atoms with Gasteiger partial charge in [-0.2, -0.15) is 0 Å². The number of hydrogen-bond donors (Lipinski definition) is 2. The second-order valence-electron chi connectivity index (χ2n) is 4.28. The molecule has 0 fully saturated rings. The van der Waals surface area contributed by atoms with Crippen molar-refractivity contribution in [2.24, 2.45) is 4.99 Å². The normalized spacial score (nSPS) is 12.4. The molecule has 0 radical (unpaired) electrons. The van der Waals surface area contributed by atoms with E-state index in [1.807, 2.05) is 6.92 Å². The molecule has 0 rings (SSSR count). The molecular formula is C12H27N3O4S. The topological polar surface area (TPSA) is 89.0 Å².